The Morgan fingerprint density at radius 3 is 2.56 bits per heavy atom. The van der Waals surface area contributed by atoms with E-state index >= 15 is 0 Å². The van der Waals surface area contributed by atoms with E-state index in [0.717, 1.165) is 22.9 Å². The van der Waals surface area contributed by atoms with E-state index in [4.69, 9.17) is 4.74 Å². The fourth-order valence-corrected chi connectivity index (χ4v) is 3.48. The number of nitrogens with one attached hydrogen (secondary N) is 1. The van der Waals surface area contributed by atoms with Crippen LogP contribution in [0.5, 0.6) is 0 Å². The molecule has 36 heavy (non-hydrogen) atoms. The van der Waals surface area contributed by atoms with E-state index in [2.05, 4.69) is 15.4 Å². The summed E-state index contributed by atoms with van der Waals surface area (Å²) in [6, 6.07) is 13.9. The van der Waals surface area contributed by atoms with Crippen LogP contribution in [-0.2, 0) is 15.7 Å². The molecule has 0 aliphatic heterocycles. The molecule has 2 heterocycles. The number of aromatic nitrogens is 3. The molecule has 1 N–H and O–H groups in total. The van der Waals surface area contributed by atoms with Crippen molar-refractivity contribution in [2.45, 2.75) is 26.1 Å². The number of carbonyl (C=O) groups is 2. The number of carbonyl (C=O) groups excluding carboxylic acids is 2. The molecule has 4 aromatic rings. The van der Waals surface area contributed by atoms with E-state index < -0.39 is 40.8 Å². The maximum atomic E-state index is 13.1. The zero-order chi connectivity index (χ0) is 26.0. The zero-order valence-electron chi connectivity index (χ0n) is 19.0. The van der Waals surface area contributed by atoms with Crippen molar-refractivity contribution in [3.63, 3.8) is 0 Å². The van der Waals surface area contributed by atoms with Crippen LogP contribution in [0.2, 0.25) is 0 Å². The first kappa shape index (κ1) is 24.6. The van der Waals surface area contributed by atoms with Crippen LogP contribution in [0.4, 0.5) is 18.9 Å². The molecule has 8 nitrogen and oxygen atoms in total. The molecule has 0 bridgehead atoms. The first-order chi connectivity index (χ1) is 17.0. The van der Waals surface area contributed by atoms with Crippen molar-refractivity contribution in [1.29, 1.82) is 0 Å². The molecule has 1 unspecified atom stereocenters. The largest absolute Gasteiger partial charge is 0.448 e. The second-order valence-corrected chi connectivity index (χ2v) is 7.87. The summed E-state index contributed by atoms with van der Waals surface area (Å²) in [5, 5.41) is 7.26. The molecule has 0 aliphatic carbocycles. The highest BCUT2D eigenvalue weighted by Gasteiger charge is 2.31. The number of halogens is 3. The Balaban J connectivity index is 1.56. The molecular weight excluding hydrogens is 477 g/mol. The fraction of sp³-hybridized carbons (Fsp3) is 0.160. The Hall–Kier alpha value is -4.54. The van der Waals surface area contributed by atoms with Gasteiger partial charge >= 0.3 is 12.1 Å². The number of aryl methyl sites for hydroxylation is 1. The number of hydrogen-bond acceptors (Lipinski definition) is 6. The van der Waals surface area contributed by atoms with Crippen molar-refractivity contribution >= 4 is 28.5 Å². The van der Waals surface area contributed by atoms with Crippen LogP contribution >= 0.6 is 0 Å². The maximum absolute atomic E-state index is 13.1. The molecule has 0 saturated heterocycles. The van der Waals surface area contributed by atoms with Crippen LogP contribution in [0.25, 0.3) is 16.6 Å². The van der Waals surface area contributed by atoms with Gasteiger partial charge in [0.15, 0.2) is 6.10 Å². The number of fused-ring (bicyclic) bond motifs is 1. The van der Waals surface area contributed by atoms with Crippen molar-refractivity contribution in [3.05, 3.63) is 94.0 Å². The normalized spacial score (nSPS) is 12.2. The van der Waals surface area contributed by atoms with Crippen LogP contribution in [0.3, 0.4) is 0 Å². The van der Waals surface area contributed by atoms with Gasteiger partial charge in [0.2, 0.25) is 11.1 Å². The molecule has 0 spiro atoms. The van der Waals surface area contributed by atoms with Gasteiger partial charge in [-0.1, -0.05) is 12.1 Å². The van der Waals surface area contributed by atoms with Crippen molar-refractivity contribution < 1.29 is 27.5 Å². The smallest absolute Gasteiger partial charge is 0.416 e. The van der Waals surface area contributed by atoms with Crippen LogP contribution < -0.4 is 10.7 Å². The standard InChI is InChI=1S/C25H19F3N4O4/c1-14-12-21(33)22(31-32(14)17-7-3-6-16(13-17)25(26,27)28)24(35)36-15(2)23(34)30-20-10-4-9-19-18(20)8-5-11-29-19/h3-13,15H,1-2H3,(H,30,34). The maximum Gasteiger partial charge on any atom is 0.416 e. The summed E-state index contributed by atoms with van der Waals surface area (Å²) in [7, 11) is 0. The summed E-state index contributed by atoms with van der Waals surface area (Å²) in [5.74, 6) is -1.85. The van der Waals surface area contributed by atoms with Gasteiger partial charge in [-0.3, -0.25) is 14.6 Å². The van der Waals surface area contributed by atoms with Crippen molar-refractivity contribution in [2.24, 2.45) is 0 Å². The number of esters is 1. The van der Waals surface area contributed by atoms with Crippen LogP contribution in [0.15, 0.2) is 71.7 Å². The lowest BCUT2D eigenvalue weighted by Crippen LogP contribution is -2.33. The van der Waals surface area contributed by atoms with Gasteiger partial charge in [-0.25, -0.2) is 9.48 Å². The molecule has 0 radical (unpaired) electrons. The van der Waals surface area contributed by atoms with Gasteiger partial charge in [0.05, 0.1) is 22.5 Å². The van der Waals surface area contributed by atoms with E-state index in [-0.39, 0.29) is 11.4 Å². The molecule has 2 aromatic heterocycles. The first-order valence-electron chi connectivity index (χ1n) is 10.7. The number of rotatable bonds is 5. The summed E-state index contributed by atoms with van der Waals surface area (Å²) in [6.07, 6.45) is -4.29. The molecular formula is C25H19F3N4O4. The van der Waals surface area contributed by atoms with Crippen LogP contribution in [0.1, 0.15) is 28.7 Å². The fourth-order valence-electron chi connectivity index (χ4n) is 3.48. The van der Waals surface area contributed by atoms with E-state index in [1.54, 1.807) is 36.5 Å². The number of ether oxygens (including phenoxy) is 1. The first-order valence-corrected chi connectivity index (χ1v) is 10.7. The monoisotopic (exact) mass is 496 g/mol. The molecule has 0 aliphatic rings. The van der Waals surface area contributed by atoms with Crippen molar-refractivity contribution in [1.82, 2.24) is 14.8 Å². The van der Waals surface area contributed by atoms with Gasteiger partial charge in [0, 0.05) is 23.3 Å². The number of hydrogen-bond donors (Lipinski definition) is 1. The third kappa shape index (κ3) is 5.09. The number of pyridine rings is 1. The third-order valence-electron chi connectivity index (χ3n) is 5.28. The minimum absolute atomic E-state index is 0.00766. The Morgan fingerprint density at radius 2 is 1.81 bits per heavy atom. The second kappa shape index (κ2) is 9.61. The lowest BCUT2D eigenvalue weighted by atomic mass is 10.2. The molecule has 4 rings (SSSR count). The Labute approximate surface area is 202 Å². The Bertz CT molecular complexity index is 1530. The summed E-state index contributed by atoms with van der Waals surface area (Å²) in [4.78, 5) is 42.0. The SMILES string of the molecule is Cc1cc(=O)c(C(=O)OC(C)C(=O)Nc2cccc3ncccc23)nn1-c1cccc(C(F)(F)F)c1. The summed E-state index contributed by atoms with van der Waals surface area (Å²) < 4.78 is 45.5. The lowest BCUT2D eigenvalue weighted by Gasteiger charge is -2.16. The summed E-state index contributed by atoms with van der Waals surface area (Å²) in [6.45, 7) is 2.77. The van der Waals surface area contributed by atoms with Crippen LogP contribution in [-0.4, -0.2) is 32.7 Å². The van der Waals surface area contributed by atoms with Gasteiger partial charge in [0.1, 0.15) is 0 Å². The van der Waals surface area contributed by atoms with E-state index in [0.29, 0.717) is 16.6 Å². The molecule has 0 fully saturated rings. The molecule has 0 saturated carbocycles. The van der Waals surface area contributed by atoms with Gasteiger partial charge in [-0.05, 0) is 56.3 Å². The number of anilines is 1. The highest BCUT2D eigenvalue weighted by Crippen LogP contribution is 2.30. The third-order valence-corrected chi connectivity index (χ3v) is 5.28. The molecule has 11 heteroatoms. The van der Waals surface area contributed by atoms with Crippen molar-refractivity contribution in [3.8, 4) is 5.69 Å². The van der Waals surface area contributed by atoms with Gasteiger partial charge in [-0.15, -0.1) is 0 Å². The lowest BCUT2D eigenvalue weighted by molar-refractivity contribution is -0.137. The number of benzene rings is 2. The molecule has 1 amide bonds. The molecule has 2 aromatic carbocycles. The Kier molecular flexibility index (Phi) is 6.56. The predicted molar refractivity (Wildman–Crippen MR) is 125 cm³/mol. The van der Waals surface area contributed by atoms with Gasteiger partial charge in [0.25, 0.3) is 5.91 Å². The molecule has 1 atom stereocenters. The quantitative estimate of drug-likeness (QED) is 0.414. The topological polar surface area (TPSA) is 103 Å². The minimum Gasteiger partial charge on any atom is -0.448 e. The number of alkyl halides is 3. The van der Waals surface area contributed by atoms with E-state index in [1.807, 2.05) is 0 Å². The van der Waals surface area contributed by atoms with Crippen LogP contribution in [0, 0.1) is 6.92 Å². The number of amides is 1. The molecule has 184 valence electrons. The van der Waals surface area contributed by atoms with Gasteiger partial charge in [-0.2, -0.15) is 18.3 Å². The van der Waals surface area contributed by atoms with Crippen molar-refractivity contribution in [2.75, 3.05) is 5.32 Å². The number of nitrogens with zero attached hydrogens (tertiary/aromatic N) is 3. The minimum atomic E-state index is -4.59. The second-order valence-electron chi connectivity index (χ2n) is 7.87. The average Bonchev–Trinajstić information content (AvgIpc) is 2.83. The van der Waals surface area contributed by atoms with E-state index in [1.165, 1.54) is 26.0 Å². The van der Waals surface area contributed by atoms with Gasteiger partial charge < -0.3 is 10.1 Å². The van der Waals surface area contributed by atoms with E-state index in [9.17, 15) is 27.6 Å². The zero-order valence-corrected chi connectivity index (χ0v) is 19.0. The summed E-state index contributed by atoms with van der Waals surface area (Å²) in [5.41, 5.74) is -1.09. The highest BCUT2D eigenvalue weighted by atomic mass is 19.4. The Morgan fingerprint density at radius 1 is 1.06 bits per heavy atom. The predicted octanol–water partition coefficient (Wildman–Crippen LogP) is 4.29. The summed E-state index contributed by atoms with van der Waals surface area (Å²) >= 11 is 0. The highest BCUT2D eigenvalue weighted by molar-refractivity contribution is 6.03. The average molecular weight is 496 g/mol.